The molecule has 3 amide bonds. The maximum atomic E-state index is 12.6. The van der Waals surface area contributed by atoms with Crippen molar-refractivity contribution in [3.05, 3.63) is 35.9 Å². The molecule has 2 atom stereocenters. The molecule has 1 aromatic carbocycles. The van der Waals surface area contributed by atoms with Gasteiger partial charge in [-0.25, -0.2) is 4.79 Å². The van der Waals surface area contributed by atoms with Crippen molar-refractivity contribution in [2.75, 3.05) is 20.1 Å². The van der Waals surface area contributed by atoms with E-state index in [-0.39, 0.29) is 5.91 Å². The molecular weight excluding hydrogens is 278 g/mol. The highest BCUT2D eigenvalue weighted by Gasteiger charge is 2.29. The molecule has 5 nitrogen and oxygen atoms in total. The number of hydrogen-bond acceptors (Lipinski definition) is 3. The lowest BCUT2D eigenvalue weighted by molar-refractivity contribution is -0.125. The van der Waals surface area contributed by atoms with Gasteiger partial charge in [0.2, 0.25) is 5.91 Å². The molecule has 0 saturated carbocycles. The van der Waals surface area contributed by atoms with Crippen molar-refractivity contribution in [1.29, 1.82) is 0 Å². The second-order valence-electron chi connectivity index (χ2n) is 5.95. The van der Waals surface area contributed by atoms with Gasteiger partial charge in [0.25, 0.3) is 0 Å². The van der Waals surface area contributed by atoms with Crippen LogP contribution in [0, 0.1) is 5.92 Å². The standard InChI is InChI=1S/C17H25N3O2/c1-13-7-6-11-20(12-10-13)15(14-8-4-3-5-9-14)16(21)19-17(22)18-2/h3-5,8-9,13,15H,6-7,10-12H2,1-2H3,(H2,18,19,21,22)/t13-,15-/m0/s1. The number of amides is 3. The van der Waals surface area contributed by atoms with Crippen molar-refractivity contribution in [3.63, 3.8) is 0 Å². The van der Waals surface area contributed by atoms with Gasteiger partial charge in [0.15, 0.2) is 0 Å². The Hall–Kier alpha value is -1.88. The van der Waals surface area contributed by atoms with Crippen LogP contribution < -0.4 is 10.6 Å². The van der Waals surface area contributed by atoms with Crippen LogP contribution >= 0.6 is 0 Å². The molecule has 0 aliphatic carbocycles. The molecule has 0 spiro atoms. The normalized spacial score (nSPS) is 20.7. The number of urea groups is 1. The Labute approximate surface area is 132 Å². The van der Waals surface area contributed by atoms with Crippen molar-refractivity contribution in [2.24, 2.45) is 5.92 Å². The van der Waals surface area contributed by atoms with Gasteiger partial charge >= 0.3 is 6.03 Å². The number of nitrogens with zero attached hydrogens (tertiary/aromatic N) is 1. The van der Waals surface area contributed by atoms with E-state index in [0.29, 0.717) is 5.92 Å². The van der Waals surface area contributed by atoms with Crippen LogP contribution in [0.25, 0.3) is 0 Å². The predicted octanol–water partition coefficient (Wildman–Crippen LogP) is 2.31. The molecular formula is C17H25N3O2. The lowest BCUT2D eigenvalue weighted by Crippen LogP contribution is -2.46. The van der Waals surface area contributed by atoms with Crippen LogP contribution in [0.5, 0.6) is 0 Å². The number of carbonyl (C=O) groups excluding carboxylic acids is 2. The number of nitrogens with one attached hydrogen (secondary N) is 2. The molecule has 1 saturated heterocycles. The zero-order valence-electron chi connectivity index (χ0n) is 13.3. The molecule has 5 heteroatoms. The van der Waals surface area contributed by atoms with Crippen molar-refractivity contribution in [3.8, 4) is 0 Å². The van der Waals surface area contributed by atoms with Crippen molar-refractivity contribution in [2.45, 2.75) is 32.2 Å². The summed E-state index contributed by atoms with van der Waals surface area (Å²) >= 11 is 0. The van der Waals surface area contributed by atoms with Gasteiger partial charge in [-0.1, -0.05) is 37.3 Å². The van der Waals surface area contributed by atoms with Crippen molar-refractivity contribution < 1.29 is 9.59 Å². The predicted molar refractivity (Wildman–Crippen MR) is 86.4 cm³/mol. The van der Waals surface area contributed by atoms with Crippen molar-refractivity contribution >= 4 is 11.9 Å². The number of rotatable bonds is 3. The van der Waals surface area contributed by atoms with E-state index in [9.17, 15) is 9.59 Å². The molecule has 0 bridgehead atoms. The average molecular weight is 303 g/mol. The Kier molecular flexibility index (Phi) is 5.95. The van der Waals surface area contributed by atoms with Gasteiger partial charge in [0, 0.05) is 7.05 Å². The molecule has 2 rings (SSSR count). The molecule has 1 aliphatic rings. The first-order chi connectivity index (χ1) is 10.6. The summed E-state index contributed by atoms with van der Waals surface area (Å²) in [4.78, 5) is 26.3. The van der Waals surface area contributed by atoms with E-state index in [1.54, 1.807) is 0 Å². The molecule has 1 aromatic rings. The molecule has 22 heavy (non-hydrogen) atoms. The highest BCUT2D eigenvalue weighted by Crippen LogP contribution is 2.26. The summed E-state index contributed by atoms with van der Waals surface area (Å²) in [6.45, 7) is 4.01. The maximum absolute atomic E-state index is 12.6. The topological polar surface area (TPSA) is 61.4 Å². The fourth-order valence-corrected chi connectivity index (χ4v) is 2.95. The summed E-state index contributed by atoms with van der Waals surface area (Å²) in [5.41, 5.74) is 0.929. The summed E-state index contributed by atoms with van der Waals surface area (Å²) in [5.74, 6) is 0.420. The van der Waals surface area contributed by atoms with E-state index in [2.05, 4.69) is 22.5 Å². The van der Waals surface area contributed by atoms with Gasteiger partial charge < -0.3 is 5.32 Å². The zero-order chi connectivity index (χ0) is 15.9. The van der Waals surface area contributed by atoms with Crippen LogP contribution in [0.1, 0.15) is 37.8 Å². The third kappa shape index (κ3) is 4.31. The molecule has 1 heterocycles. The summed E-state index contributed by atoms with van der Waals surface area (Å²) in [5, 5.41) is 4.86. The van der Waals surface area contributed by atoms with Crippen LogP contribution in [0.2, 0.25) is 0 Å². The Bertz CT molecular complexity index is 504. The lowest BCUT2D eigenvalue weighted by atomic mass is 10.0. The summed E-state index contributed by atoms with van der Waals surface area (Å²) in [7, 11) is 1.51. The second kappa shape index (κ2) is 7.94. The molecule has 120 valence electrons. The van der Waals surface area contributed by atoms with Gasteiger partial charge in [0.05, 0.1) is 0 Å². The number of hydrogen-bond donors (Lipinski definition) is 2. The monoisotopic (exact) mass is 303 g/mol. The average Bonchev–Trinajstić information content (AvgIpc) is 2.73. The zero-order valence-corrected chi connectivity index (χ0v) is 13.3. The highest BCUT2D eigenvalue weighted by molar-refractivity contribution is 5.97. The molecule has 0 unspecified atom stereocenters. The first-order valence-corrected chi connectivity index (χ1v) is 7.93. The minimum Gasteiger partial charge on any atom is -0.341 e. The Morgan fingerprint density at radius 3 is 2.59 bits per heavy atom. The third-order valence-electron chi connectivity index (χ3n) is 4.24. The fourth-order valence-electron chi connectivity index (χ4n) is 2.95. The van der Waals surface area contributed by atoms with E-state index < -0.39 is 12.1 Å². The quantitative estimate of drug-likeness (QED) is 0.901. The van der Waals surface area contributed by atoms with Gasteiger partial charge in [-0.3, -0.25) is 15.0 Å². The number of benzene rings is 1. The minimum absolute atomic E-state index is 0.264. The number of imide groups is 1. The van der Waals surface area contributed by atoms with Gasteiger partial charge in [0.1, 0.15) is 6.04 Å². The summed E-state index contributed by atoms with van der Waals surface area (Å²) in [6, 6.07) is 8.80. The Morgan fingerprint density at radius 1 is 1.18 bits per heavy atom. The van der Waals surface area contributed by atoms with E-state index in [4.69, 9.17) is 0 Å². The Morgan fingerprint density at radius 2 is 1.91 bits per heavy atom. The summed E-state index contributed by atoms with van der Waals surface area (Å²) in [6.07, 6.45) is 3.35. The third-order valence-corrected chi connectivity index (χ3v) is 4.24. The Balaban J connectivity index is 2.21. The first kappa shape index (κ1) is 16.5. The maximum Gasteiger partial charge on any atom is 0.321 e. The van der Waals surface area contributed by atoms with Crippen LogP contribution in [0.15, 0.2) is 30.3 Å². The van der Waals surface area contributed by atoms with Crippen LogP contribution in [0.4, 0.5) is 4.79 Å². The van der Waals surface area contributed by atoms with Gasteiger partial charge in [-0.05, 0) is 43.8 Å². The number of carbonyl (C=O) groups is 2. The molecule has 2 N–H and O–H groups in total. The van der Waals surface area contributed by atoms with E-state index in [1.807, 2.05) is 30.3 Å². The fraction of sp³-hybridized carbons (Fsp3) is 0.529. The number of likely N-dealkylation sites (tertiary alicyclic amines) is 1. The largest absolute Gasteiger partial charge is 0.341 e. The first-order valence-electron chi connectivity index (χ1n) is 7.93. The molecule has 1 aliphatic heterocycles. The van der Waals surface area contributed by atoms with E-state index in [1.165, 1.54) is 13.5 Å². The molecule has 1 fully saturated rings. The summed E-state index contributed by atoms with van der Waals surface area (Å²) < 4.78 is 0. The molecule has 0 aromatic heterocycles. The van der Waals surface area contributed by atoms with Crippen LogP contribution in [-0.4, -0.2) is 37.0 Å². The molecule has 0 radical (unpaired) electrons. The SMILES string of the molecule is CNC(=O)NC(=O)[C@H](c1ccccc1)N1CCC[C@H](C)CC1. The lowest BCUT2D eigenvalue weighted by Gasteiger charge is -2.29. The minimum atomic E-state index is -0.464. The van der Waals surface area contributed by atoms with Gasteiger partial charge in [-0.2, -0.15) is 0 Å². The highest BCUT2D eigenvalue weighted by atomic mass is 16.2. The van der Waals surface area contributed by atoms with Crippen LogP contribution in [-0.2, 0) is 4.79 Å². The van der Waals surface area contributed by atoms with Crippen LogP contribution in [0.3, 0.4) is 0 Å². The second-order valence-corrected chi connectivity index (χ2v) is 5.95. The van der Waals surface area contributed by atoms with Gasteiger partial charge in [-0.15, -0.1) is 0 Å². The van der Waals surface area contributed by atoms with E-state index in [0.717, 1.165) is 31.5 Å². The van der Waals surface area contributed by atoms with E-state index >= 15 is 0 Å². The smallest absolute Gasteiger partial charge is 0.321 e. The van der Waals surface area contributed by atoms with Crippen molar-refractivity contribution in [1.82, 2.24) is 15.5 Å².